The number of sulfone groups is 1. The van der Waals surface area contributed by atoms with Gasteiger partial charge in [-0.1, -0.05) is 11.6 Å². The lowest BCUT2D eigenvalue weighted by atomic mass is 9.96. The van der Waals surface area contributed by atoms with Crippen LogP contribution >= 0.6 is 11.6 Å². The van der Waals surface area contributed by atoms with Crippen molar-refractivity contribution in [3.8, 4) is 5.75 Å². The lowest BCUT2D eigenvalue weighted by Crippen LogP contribution is -2.34. The second-order valence-electron chi connectivity index (χ2n) is 5.05. The van der Waals surface area contributed by atoms with Crippen molar-refractivity contribution in [3.63, 3.8) is 0 Å². The van der Waals surface area contributed by atoms with E-state index in [1.807, 2.05) is 13.8 Å². The first-order valence-electron chi connectivity index (χ1n) is 5.40. The predicted molar refractivity (Wildman–Crippen MR) is 73.1 cm³/mol. The van der Waals surface area contributed by atoms with Crippen LogP contribution in [0.3, 0.4) is 0 Å². The lowest BCUT2D eigenvalue weighted by Gasteiger charge is -2.20. The van der Waals surface area contributed by atoms with Crippen LogP contribution in [-0.4, -0.2) is 27.3 Å². The molecule has 0 aromatic heterocycles. The summed E-state index contributed by atoms with van der Waals surface area (Å²) in [6.07, 6.45) is 1.65. The molecule has 4 nitrogen and oxygen atoms in total. The number of methoxy groups -OCH3 is 1. The highest BCUT2D eigenvalue weighted by molar-refractivity contribution is 7.90. The van der Waals surface area contributed by atoms with Crippen LogP contribution in [0, 0.1) is 0 Å². The lowest BCUT2D eigenvalue weighted by molar-refractivity contribution is 0.402. The molecule has 102 valence electrons. The van der Waals surface area contributed by atoms with Crippen molar-refractivity contribution in [2.75, 3.05) is 13.4 Å². The van der Waals surface area contributed by atoms with Gasteiger partial charge in [-0.2, -0.15) is 0 Å². The minimum absolute atomic E-state index is 0.0942. The van der Waals surface area contributed by atoms with Crippen molar-refractivity contribution in [1.82, 2.24) is 0 Å². The molecule has 0 bridgehead atoms. The Balaban J connectivity index is 3.41. The number of hydrogen-bond donors (Lipinski definition) is 1. The first kappa shape index (κ1) is 15.3. The Morgan fingerprint density at radius 2 is 1.94 bits per heavy atom. The van der Waals surface area contributed by atoms with E-state index in [9.17, 15) is 8.42 Å². The molecule has 0 amide bonds. The number of hydrogen-bond acceptors (Lipinski definition) is 4. The first-order valence-corrected chi connectivity index (χ1v) is 7.67. The van der Waals surface area contributed by atoms with Gasteiger partial charge in [0.2, 0.25) is 0 Å². The van der Waals surface area contributed by atoms with Crippen molar-refractivity contribution in [2.24, 2.45) is 5.73 Å². The standard InChI is InChI=1S/C12H18ClNO3S/c1-12(2,14)7-8-5-9(13)11(17-3)10(6-8)18(4,15)16/h5-6H,7,14H2,1-4H3. The van der Waals surface area contributed by atoms with Gasteiger partial charge in [0, 0.05) is 11.8 Å². The molecule has 6 heteroatoms. The Morgan fingerprint density at radius 1 is 1.39 bits per heavy atom. The van der Waals surface area contributed by atoms with Gasteiger partial charge in [-0.3, -0.25) is 0 Å². The van der Waals surface area contributed by atoms with E-state index >= 15 is 0 Å². The molecule has 1 aromatic rings. The molecular weight excluding hydrogens is 274 g/mol. The molecule has 0 atom stereocenters. The van der Waals surface area contributed by atoms with E-state index in [2.05, 4.69) is 0 Å². The minimum atomic E-state index is -3.40. The summed E-state index contributed by atoms with van der Waals surface area (Å²) in [6.45, 7) is 3.73. The number of halogens is 1. The van der Waals surface area contributed by atoms with Gasteiger partial charge in [0.1, 0.15) is 4.90 Å². The number of ether oxygens (including phenoxy) is 1. The summed E-state index contributed by atoms with van der Waals surface area (Å²) in [4.78, 5) is 0.0942. The van der Waals surface area contributed by atoms with Crippen LogP contribution in [-0.2, 0) is 16.3 Å². The Hall–Kier alpha value is -0.780. The number of rotatable bonds is 4. The highest BCUT2D eigenvalue weighted by Gasteiger charge is 2.21. The Kier molecular flexibility index (Phi) is 4.30. The highest BCUT2D eigenvalue weighted by Crippen LogP contribution is 2.34. The summed E-state index contributed by atoms with van der Waals surface area (Å²) >= 11 is 6.04. The van der Waals surface area contributed by atoms with E-state index in [-0.39, 0.29) is 15.7 Å². The summed E-state index contributed by atoms with van der Waals surface area (Å²) in [5, 5.41) is 0.277. The van der Waals surface area contributed by atoms with E-state index in [1.54, 1.807) is 12.1 Å². The van der Waals surface area contributed by atoms with Crippen LogP contribution in [0.15, 0.2) is 17.0 Å². The SMILES string of the molecule is COc1c(Cl)cc(CC(C)(C)N)cc1S(C)(=O)=O. The third-order valence-electron chi connectivity index (χ3n) is 2.33. The molecule has 0 aliphatic rings. The molecule has 18 heavy (non-hydrogen) atoms. The molecule has 0 heterocycles. The van der Waals surface area contributed by atoms with Crippen molar-refractivity contribution >= 4 is 21.4 Å². The van der Waals surface area contributed by atoms with Gasteiger partial charge in [-0.15, -0.1) is 0 Å². The van der Waals surface area contributed by atoms with Crippen LogP contribution in [0.5, 0.6) is 5.75 Å². The molecule has 1 rings (SSSR count). The van der Waals surface area contributed by atoms with E-state index < -0.39 is 15.4 Å². The fourth-order valence-electron chi connectivity index (χ4n) is 1.72. The van der Waals surface area contributed by atoms with Crippen LogP contribution in [0.1, 0.15) is 19.4 Å². The Labute approximate surface area is 113 Å². The molecule has 0 saturated carbocycles. The van der Waals surface area contributed by atoms with Gasteiger partial charge in [-0.25, -0.2) is 8.42 Å². The average Bonchev–Trinajstić information content (AvgIpc) is 2.12. The zero-order valence-electron chi connectivity index (χ0n) is 11.0. The van der Waals surface area contributed by atoms with Gasteiger partial charge in [-0.05, 0) is 38.0 Å². The molecular formula is C12H18ClNO3S. The van der Waals surface area contributed by atoms with Gasteiger partial charge in [0.25, 0.3) is 0 Å². The summed E-state index contributed by atoms with van der Waals surface area (Å²) in [6, 6.07) is 3.25. The molecule has 0 unspecified atom stereocenters. The fraction of sp³-hybridized carbons (Fsp3) is 0.500. The molecule has 0 spiro atoms. The van der Waals surface area contributed by atoms with Crippen molar-refractivity contribution < 1.29 is 13.2 Å². The second kappa shape index (κ2) is 5.07. The summed E-state index contributed by atoms with van der Waals surface area (Å²) in [7, 11) is -2.01. The zero-order chi connectivity index (χ0) is 14.1. The maximum atomic E-state index is 11.7. The summed E-state index contributed by atoms with van der Waals surface area (Å²) in [5.74, 6) is 0.178. The molecule has 1 aromatic carbocycles. The van der Waals surface area contributed by atoms with Crippen molar-refractivity contribution in [1.29, 1.82) is 0 Å². The second-order valence-corrected chi connectivity index (χ2v) is 7.44. The molecule has 0 radical (unpaired) electrons. The third-order valence-corrected chi connectivity index (χ3v) is 3.72. The summed E-state index contributed by atoms with van der Waals surface area (Å²) in [5.41, 5.74) is 6.26. The smallest absolute Gasteiger partial charge is 0.179 e. The Morgan fingerprint density at radius 3 is 2.33 bits per heavy atom. The molecule has 2 N–H and O–H groups in total. The Bertz CT molecular complexity index is 547. The van der Waals surface area contributed by atoms with Crippen molar-refractivity contribution in [3.05, 3.63) is 22.7 Å². The van der Waals surface area contributed by atoms with Crippen LogP contribution in [0.2, 0.25) is 5.02 Å². The van der Waals surface area contributed by atoms with Gasteiger partial charge in [0.05, 0.1) is 12.1 Å². The maximum Gasteiger partial charge on any atom is 0.179 e. The summed E-state index contributed by atoms with van der Waals surface area (Å²) < 4.78 is 28.5. The molecule has 0 aliphatic heterocycles. The first-order chi connectivity index (χ1) is 8.04. The van der Waals surface area contributed by atoms with Gasteiger partial charge >= 0.3 is 0 Å². The quantitative estimate of drug-likeness (QED) is 0.921. The number of benzene rings is 1. The molecule has 0 saturated heterocycles. The largest absolute Gasteiger partial charge is 0.494 e. The van der Waals surface area contributed by atoms with Crippen LogP contribution in [0.25, 0.3) is 0 Å². The predicted octanol–water partition coefficient (Wildman–Crippen LogP) is 2.03. The van der Waals surface area contributed by atoms with Gasteiger partial charge < -0.3 is 10.5 Å². The van der Waals surface area contributed by atoms with E-state index in [1.165, 1.54) is 7.11 Å². The van der Waals surface area contributed by atoms with E-state index in [4.69, 9.17) is 22.1 Å². The van der Waals surface area contributed by atoms with E-state index in [0.29, 0.717) is 6.42 Å². The van der Waals surface area contributed by atoms with Crippen LogP contribution < -0.4 is 10.5 Å². The highest BCUT2D eigenvalue weighted by atomic mass is 35.5. The normalized spacial score (nSPS) is 12.6. The van der Waals surface area contributed by atoms with E-state index in [0.717, 1.165) is 11.8 Å². The third kappa shape index (κ3) is 3.86. The minimum Gasteiger partial charge on any atom is -0.494 e. The zero-order valence-corrected chi connectivity index (χ0v) is 12.5. The molecule has 0 aliphatic carbocycles. The number of nitrogens with two attached hydrogens (primary N) is 1. The van der Waals surface area contributed by atoms with Gasteiger partial charge in [0.15, 0.2) is 15.6 Å². The average molecular weight is 292 g/mol. The maximum absolute atomic E-state index is 11.7. The topological polar surface area (TPSA) is 69.4 Å². The van der Waals surface area contributed by atoms with Crippen molar-refractivity contribution in [2.45, 2.75) is 30.7 Å². The fourth-order valence-corrected chi connectivity index (χ4v) is 2.99. The molecule has 0 fully saturated rings. The van der Waals surface area contributed by atoms with Crippen LogP contribution in [0.4, 0.5) is 0 Å². The monoisotopic (exact) mass is 291 g/mol.